The van der Waals surface area contributed by atoms with Gasteiger partial charge in [-0.15, -0.1) is 0 Å². The van der Waals surface area contributed by atoms with Crippen LogP contribution in [-0.2, 0) is 6.54 Å². The fourth-order valence-corrected chi connectivity index (χ4v) is 1.89. The van der Waals surface area contributed by atoms with Crippen molar-refractivity contribution in [3.8, 4) is 0 Å². The fourth-order valence-electron chi connectivity index (χ4n) is 1.89. The van der Waals surface area contributed by atoms with Gasteiger partial charge < -0.3 is 5.73 Å². The lowest BCUT2D eigenvalue weighted by Gasteiger charge is -2.20. The highest BCUT2D eigenvalue weighted by Gasteiger charge is 2.07. The van der Waals surface area contributed by atoms with E-state index in [4.69, 9.17) is 11.1 Å². The van der Waals surface area contributed by atoms with Gasteiger partial charge in [0.2, 0.25) is 0 Å². The maximum absolute atomic E-state index is 13.4. The molecule has 0 spiro atoms. The summed E-state index contributed by atoms with van der Waals surface area (Å²) < 4.78 is 13.4. The molecule has 0 unspecified atom stereocenters. The summed E-state index contributed by atoms with van der Waals surface area (Å²) in [5.74, 6) is -0.420. The molecule has 1 rings (SSSR count). The summed E-state index contributed by atoms with van der Waals surface area (Å²) >= 11 is 0. The summed E-state index contributed by atoms with van der Waals surface area (Å²) in [4.78, 5) is 2.27. The number of amidine groups is 1. The van der Waals surface area contributed by atoms with Crippen molar-refractivity contribution in [1.82, 2.24) is 4.90 Å². The van der Waals surface area contributed by atoms with Crippen molar-refractivity contribution >= 4 is 5.84 Å². The molecule has 0 saturated carbocycles. The first-order chi connectivity index (χ1) is 8.56. The minimum absolute atomic E-state index is 0.0904. The van der Waals surface area contributed by atoms with Crippen LogP contribution < -0.4 is 5.73 Å². The molecule has 0 saturated heterocycles. The molecule has 0 fully saturated rings. The largest absolute Gasteiger partial charge is 0.384 e. The second kappa shape index (κ2) is 7.11. The predicted octanol–water partition coefficient (Wildman–Crippen LogP) is 2.73. The van der Waals surface area contributed by atoms with Crippen LogP contribution >= 0.6 is 0 Å². The second-order valence-corrected chi connectivity index (χ2v) is 4.48. The molecule has 0 aliphatic heterocycles. The predicted molar refractivity (Wildman–Crippen MR) is 73.3 cm³/mol. The van der Waals surface area contributed by atoms with E-state index in [1.165, 1.54) is 12.1 Å². The van der Waals surface area contributed by atoms with Crippen LogP contribution in [-0.4, -0.2) is 23.8 Å². The van der Waals surface area contributed by atoms with Crippen LogP contribution in [0.3, 0.4) is 0 Å². The summed E-state index contributed by atoms with van der Waals surface area (Å²) in [6, 6.07) is 4.61. The highest BCUT2D eigenvalue weighted by molar-refractivity contribution is 5.95. The molecule has 0 atom stereocenters. The van der Waals surface area contributed by atoms with Crippen LogP contribution in [0.1, 0.15) is 37.8 Å². The number of nitrogens with one attached hydrogen (secondary N) is 1. The Balaban J connectivity index is 2.79. The Morgan fingerprint density at radius 3 is 2.61 bits per heavy atom. The van der Waals surface area contributed by atoms with E-state index in [1.54, 1.807) is 6.07 Å². The monoisotopic (exact) mass is 251 g/mol. The van der Waals surface area contributed by atoms with E-state index in [0.29, 0.717) is 12.1 Å². The summed E-state index contributed by atoms with van der Waals surface area (Å²) in [6.07, 6.45) is 2.29. The quantitative estimate of drug-likeness (QED) is 0.578. The standard InChI is InChI=1S/C14H22FN3/c1-3-5-6-18(4-2)10-11-7-12(14(16)17)9-13(15)8-11/h7-9H,3-6,10H2,1-2H3,(H3,16,17). The number of rotatable bonds is 7. The van der Waals surface area contributed by atoms with Crippen LogP contribution in [0.2, 0.25) is 0 Å². The van der Waals surface area contributed by atoms with Gasteiger partial charge in [-0.2, -0.15) is 0 Å². The molecule has 0 aliphatic rings. The number of nitrogens with two attached hydrogens (primary N) is 1. The number of hydrogen-bond acceptors (Lipinski definition) is 2. The molecule has 0 aliphatic carbocycles. The van der Waals surface area contributed by atoms with Gasteiger partial charge in [0.25, 0.3) is 0 Å². The Hall–Kier alpha value is -1.42. The van der Waals surface area contributed by atoms with Crippen molar-refractivity contribution in [1.29, 1.82) is 5.41 Å². The molecular formula is C14H22FN3. The van der Waals surface area contributed by atoms with E-state index in [2.05, 4.69) is 18.7 Å². The van der Waals surface area contributed by atoms with Gasteiger partial charge in [-0.3, -0.25) is 10.3 Å². The van der Waals surface area contributed by atoms with Crippen LogP contribution in [0.4, 0.5) is 4.39 Å². The highest BCUT2D eigenvalue weighted by atomic mass is 19.1. The molecule has 1 aromatic rings. The Morgan fingerprint density at radius 2 is 2.06 bits per heavy atom. The van der Waals surface area contributed by atoms with E-state index >= 15 is 0 Å². The Labute approximate surface area is 108 Å². The second-order valence-electron chi connectivity index (χ2n) is 4.48. The van der Waals surface area contributed by atoms with Crippen LogP contribution in [0.5, 0.6) is 0 Å². The van der Waals surface area contributed by atoms with Crippen molar-refractivity contribution in [2.24, 2.45) is 5.73 Å². The molecule has 0 aromatic heterocycles. The SMILES string of the molecule is CCCCN(CC)Cc1cc(F)cc(C(=N)N)c1. The lowest BCUT2D eigenvalue weighted by Crippen LogP contribution is -2.24. The van der Waals surface area contributed by atoms with Crippen molar-refractivity contribution < 1.29 is 4.39 Å². The third-order valence-corrected chi connectivity index (χ3v) is 2.95. The molecule has 0 radical (unpaired) electrons. The lowest BCUT2D eigenvalue weighted by molar-refractivity contribution is 0.275. The van der Waals surface area contributed by atoms with Crippen molar-refractivity contribution in [3.05, 3.63) is 35.1 Å². The van der Waals surface area contributed by atoms with Crippen LogP contribution in [0, 0.1) is 11.2 Å². The van der Waals surface area contributed by atoms with E-state index in [0.717, 1.165) is 31.5 Å². The Kier molecular flexibility index (Phi) is 5.78. The van der Waals surface area contributed by atoms with Crippen molar-refractivity contribution in [2.45, 2.75) is 33.2 Å². The number of nitrogen functional groups attached to an aromatic ring is 1. The van der Waals surface area contributed by atoms with Gasteiger partial charge in [-0.25, -0.2) is 4.39 Å². The molecule has 1 aromatic carbocycles. The first-order valence-electron chi connectivity index (χ1n) is 6.43. The third-order valence-electron chi connectivity index (χ3n) is 2.95. The Morgan fingerprint density at radius 1 is 1.33 bits per heavy atom. The highest BCUT2D eigenvalue weighted by Crippen LogP contribution is 2.12. The molecule has 0 heterocycles. The van der Waals surface area contributed by atoms with Gasteiger partial charge in [0.05, 0.1) is 0 Å². The number of unbranched alkanes of at least 4 members (excludes halogenated alkanes) is 1. The van der Waals surface area contributed by atoms with Gasteiger partial charge in [0.1, 0.15) is 11.7 Å². The van der Waals surface area contributed by atoms with Gasteiger partial charge in [0.15, 0.2) is 0 Å². The molecule has 0 bridgehead atoms. The van der Waals surface area contributed by atoms with Crippen molar-refractivity contribution in [3.63, 3.8) is 0 Å². The first kappa shape index (κ1) is 14.6. The van der Waals surface area contributed by atoms with Crippen molar-refractivity contribution in [2.75, 3.05) is 13.1 Å². The summed E-state index contributed by atoms with van der Waals surface area (Å²) in [6.45, 7) is 6.91. The van der Waals surface area contributed by atoms with Gasteiger partial charge >= 0.3 is 0 Å². The summed E-state index contributed by atoms with van der Waals surface area (Å²) in [7, 11) is 0. The van der Waals surface area contributed by atoms with Gasteiger partial charge in [0, 0.05) is 12.1 Å². The smallest absolute Gasteiger partial charge is 0.124 e. The minimum Gasteiger partial charge on any atom is -0.384 e. The first-order valence-corrected chi connectivity index (χ1v) is 6.43. The maximum atomic E-state index is 13.4. The maximum Gasteiger partial charge on any atom is 0.124 e. The number of hydrogen-bond donors (Lipinski definition) is 2. The topological polar surface area (TPSA) is 53.1 Å². The molecule has 0 amide bonds. The van der Waals surface area contributed by atoms with Crippen LogP contribution in [0.25, 0.3) is 0 Å². The summed E-state index contributed by atoms with van der Waals surface area (Å²) in [5, 5.41) is 7.36. The third kappa shape index (κ3) is 4.45. The normalized spacial score (nSPS) is 10.9. The summed E-state index contributed by atoms with van der Waals surface area (Å²) in [5.41, 5.74) is 6.73. The molecule has 3 nitrogen and oxygen atoms in total. The number of nitrogens with zero attached hydrogens (tertiary/aromatic N) is 1. The minimum atomic E-state index is -0.329. The molecule has 100 valence electrons. The number of halogens is 1. The van der Waals surface area contributed by atoms with E-state index in [-0.39, 0.29) is 11.7 Å². The van der Waals surface area contributed by atoms with E-state index in [1.807, 2.05) is 0 Å². The molecule has 3 N–H and O–H groups in total. The van der Waals surface area contributed by atoms with E-state index < -0.39 is 0 Å². The zero-order valence-corrected chi connectivity index (χ0v) is 11.2. The van der Waals surface area contributed by atoms with Gasteiger partial charge in [-0.05, 0) is 43.3 Å². The molecule has 4 heteroatoms. The fraction of sp³-hybridized carbons (Fsp3) is 0.500. The number of benzene rings is 1. The Bertz CT molecular complexity index is 404. The average molecular weight is 251 g/mol. The molecule has 18 heavy (non-hydrogen) atoms. The average Bonchev–Trinajstić information content (AvgIpc) is 2.33. The zero-order valence-electron chi connectivity index (χ0n) is 11.2. The molecular weight excluding hydrogens is 229 g/mol. The lowest BCUT2D eigenvalue weighted by atomic mass is 10.1. The van der Waals surface area contributed by atoms with E-state index in [9.17, 15) is 4.39 Å². The van der Waals surface area contributed by atoms with Gasteiger partial charge in [-0.1, -0.05) is 20.3 Å². The van der Waals surface area contributed by atoms with Crippen LogP contribution in [0.15, 0.2) is 18.2 Å². The zero-order chi connectivity index (χ0) is 13.5.